The molecule has 3 nitrogen and oxygen atoms in total. The van der Waals surface area contributed by atoms with E-state index in [4.69, 9.17) is 9.47 Å². The molecule has 1 saturated heterocycles. The van der Waals surface area contributed by atoms with Crippen LogP contribution in [0.25, 0.3) is 0 Å². The van der Waals surface area contributed by atoms with E-state index in [9.17, 15) is 0 Å². The topological polar surface area (TPSA) is 21.7 Å². The largest absolute Gasteiger partial charge is 0.379 e. The standard InChI is InChI=1S/C10H21NO2/c1-11(2)6-4-7-12-9-10-5-3-8-13-10/h10H,3-9H2,1-2H3. The monoisotopic (exact) mass is 187 g/mol. The van der Waals surface area contributed by atoms with Crippen molar-refractivity contribution in [2.45, 2.75) is 25.4 Å². The second-order valence-electron chi connectivity index (χ2n) is 3.87. The Kier molecular flexibility index (Phi) is 5.35. The van der Waals surface area contributed by atoms with Gasteiger partial charge in [-0.3, -0.25) is 0 Å². The molecular weight excluding hydrogens is 166 g/mol. The first kappa shape index (κ1) is 11.0. The predicted molar refractivity (Wildman–Crippen MR) is 53.0 cm³/mol. The molecule has 1 aliphatic rings. The summed E-state index contributed by atoms with van der Waals surface area (Å²) in [6, 6.07) is 0. The first-order valence-electron chi connectivity index (χ1n) is 5.13. The molecule has 0 aliphatic carbocycles. The first-order valence-corrected chi connectivity index (χ1v) is 5.13. The molecule has 0 aromatic carbocycles. The second-order valence-corrected chi connectivity index (χ2v) is 3.87. The summed E-state index contributed by atoms with van der Waals surface area (Å²) in [5, 5.41) is 0. The molecule has 1 atom stereocenters. The summed E-state index contributed by atoms with van der Waals surface area (Å²) in [5.74, 6) is 0. The Labute approximate surface area is 81.0 Å². The summed E-state index contributed by atoms with van der Waals surface area (Å²) in [7, 11) is 4.17. The van der Waals surface area contributed by atoms with Gasteiger partial charge in [0.25, 0.3) is 0 Å². The van der Waals surface area contributed by atoms with E-state index in [-0.39, 0.29) is 0 Å². The van der Waals surface area contributed by atoms with Crippen LogP contribution in [-0.4, -0.2) is 51.5 Å². The quantitative estimate of drug-likeness (QED) is 0.582. The third kappa shape index (κ3) is 5.24. The Balaban J connectivity index is 1.83. The fourth-order valence-corrected chi connectivity index (χ4v) is 1.47. The lowest BCUT2D eigenvalue weighted by atomic mass is 10.2. The molecule has 3 heteroatoms. The maximum absolute atomic E-state index is 5.52. The molecule has 1 aliphatic heterocycles. The third-order valence-corrected chi connectivity index (χ3v) is 2.22. The highest BCUT2D eigenvalue weighted by atomic mass is 16.5. The van der Waals surface area contributed by atoms with Crippen molar-refractivity contribution < 1.29 is 9.47 Å². The molecule has 1 heterocycles. The van der Waals surface area contributed by atoms with Crippen molar-refractivity contribution in [3.63, 3.8) is 0 Å². The van der Waals surface area contributed by atoms with E-state index in [0.717, 1.165) is 32.8 Å². The zero-order valence-electron chi connectivity index (χ0n) is 8.79. The van der Waals surface area contributed by atoms with Crippen LogP contribution < -0.4 is 0 Å². The number of hydrogen-bond acceptors (Lipinski definition) is 3. The number of nitrogens with zero attached hydrogens (tertiary/aromatic N) is 1. The van der Waals surface area contributed by atoms with Crippen LogP contribution in [0.4, 0.5) is 0 Å². The minimum Gasteiger partial charge on any atom is -0.379 e. The van der Waals surface area contributed by atoms with Crippen LogP contribution in [0.2, 0.25) is 0 Å². The molecule has 0 N–H and O–H groups in total. The molecule has 1 fully saturated rings. The fraction of sp³-hybridized carbons (Fsp3) is 1.00. The van der Waals surface area contributed by atoms with Gasteiger partial charge in [-0.15, -0.1) is 0 Å². The van der Waals surface area contributed by atoms with Crippen molar-refractivity contribution in [3.05, 3.63) is 0 Å². The average molecular weight is 187 g/mol. The van der Waals surface area contributed by atoms with E-state index < -0.39 is 0 Å². The summed E-state index contributed by atoms with van der Waals surface area (Å²) in [5.41, 5.74) is 0. The lowest BCUT2D eigenvalue weighted by molar-refractivity contribution is 0.0154. The molecule has 0 aromatic rings. The molecule has 1 unspecified atom stereocenters. The number of ether oxygens (including phenoxy) is 2. The lowest BCUT2D eigenvalue weighted by Crippen LogP contribution is -2.18. The van der Waals surface area contributed by atoms with Crippen LogP contribution in [0, 0.1) is 0 Å². The van der Waals surface area contributed by atoms with E-state index in [2.05, 4.69) is 19.0 Å². The van der Waals surface area contributed by atoms with Crippen LogP contribution in [0.3, 0.4) is 0 Å². The van der Waals surface area contributed by atoms with Gasteiger partial charge in [0.2, 0.25) is 0 Å². The molecule has 0 spiro atoms. The van der Waals surface area contributed by atoms with Crippen molar-refractivity contribution in [1.29, 1.82) is 0 Å². The normalized spacial score (nSPS) is 22.8. The van der Waals surface area contributed by atoms with Gasteiger partial charge in [-0.2, -0.15) is 0 Å². The van der Waals surface area contributed by atoms with Gasteiger partial charge >= 0.3 is 0 Å². The molecule has 1 rings (SSSR count). The fourth-order valence-electron chi connectivity index (χ4n) is 1.47. The van der Waals surface area contributed by atoms with Crippen LogP contribution in [0.5, 0.6) is 0 Å². The Morgan fingerprint density at radius 1 is 1.46 bits per heavy atom. The molecule has 13 heavy (non-hydrogen) atoms. The Morgan fingerprint density at radius 3 is 2.92 bits per heavy atom. The van der Waals surface area contributed by atoms with E-state index in [1.165, 1.54) is 12.8 Å². The van der Waals surface area contributed by atoms with Gasteiger partial charge in [-0.25, -0.2) is 0 Å². The summed E-state index contributed by atoms with van der Waals surface area (Å²) in [6.07, 6.45) is 3.86. The zero-order chi connectivity index (χ0) is 9.52. The van der Waals surface area contributed by atoms with Gasteiger partial charge < -0.3 is 14.4 Å². The average Bonchev–Trinajstić information content (AvgIpc) is 2.55. The molecule has 78 valence electrons. The lowest BCUT2D eigenvalue weighted by Gasteiger charge is -2.11. The molecule has 0 aromatic heterocycles. The Hall–Kier alpha value is -0.120. The van der Waals surface area contributed by atoms with Crippen LogP contribution in [-0.2, 0) is 9.47 Å². The Bertz CT molecular complexity index is 122. The van der Waals surface area contributed by atoms with E-state index in [0.29, 0.717) is 6.10 Å². The first-order chi connectivity index (χ1) is 6.29. The minimum atomic E-state index is 0.374. The van der Waals surface area contributed by atoms with Gasteiger partial charge in [-0.05, 0) is 39.9 Å². The Morgan fingerprint density at radius 2 is 2.31 bits per heavy atom. The molecule has 0 bridgehead atoms. The van der Waals surface area contributed by atoms with Crippen molar-refractivity contribution in [2.24, 2.45) is 0 Å². The predicted octanol–water partition coefficient (Wildman–Crippen LogP) is 1.13. The highest BCUT2D eigenvalue weighted by Crippen LogP contribution is 2.11. The molecule has 0 saturated carbocycles. The highest BCUT2D eigenvalue weighted by molar-refractivity contribution is 4.63. The smallest absolute Gasteiger partial charge is 0.0809 e. The SMILES string of the molecule is CN(C)CCCOCC1CCCO1. The molecular formula is C10H21NO2. The van der Waals surface area contributed by atoms with E-state index in [1.807, 2.05) is 0 Å². The van der Waals surface area contributed by atoms with E-state index in [1.54, 1.807) is 0 Å². The summed E-state index contributed by atoms with van der Waals surface area (Å²) in [4.78, 5) is 2.18. The molecule has 0 amide bonds. The zero-order valence-corrected chi connectivity index (χ0v) is 8.79. The van der Waals surface area contributed by atoms with Crippen LogP contribution >= 0.6 is 0 Å². The summed E-state index contributed by atoms with van der Waals surface area (Å²) < 4.78 is 11.0. The van der Waals surface area contributed by atoms with Crippen molar-refractivity contribution >= 4 is 0 Å². The second kappa shape index (κ2) is 6.35. The van der Waals surface area contributed by atoms with Crippen molar-refractivity contribution in [3.8, 4) is 0 Å². The van der Waals surface area contributed by atoms with Gasteiger partial charge in [-0.1, -0.05) is 0 Å². The maximum atomic E-state index is 5.52. The highest BCUT2D eigenvalue weighted by Gasteiger charge is 2.14. The molecule has 0 radical (unpaired) electrons. The number of rotatable bonds is 6. The summed E-state index contributed by atoms with van der Waals surface area (Å²) >= 11 is 0. The van der Waals surface area contributed by atoms with Crippen molar-refractivity contribution in [1.82, 2.24) is 4.90 Å². The van der Waals surface area contributed by atoms with Gasteiger partial charge in [0.05, 0.1) is 12.7 Å². The maximum Gasteiger partial charge on any atom is 0.0809 e. The van der Waals surface area contributed by atoms with Gasteiger partial charge in [0.15, 0.2) is 0 Å². The van der Waals surface area contributed by atoms with Crippen LogP contribution in [0.15, 0.2) is 0 Å². The van der Waals surface area contributed by atoms with Gasteiger partial charge in [0.1, 0.15) is 0 Å². The third-order valence-electron chi connectivity index (χ3n) is 2.22. The van der Waals surface area contributed by atoms with E-state index >= 15 is 0 Å². The van der Waals surface area contributed by atoms with Crippen LogP contribution in [0.1, 0.15) is 19.3 Å². The number of hydrogen-bond donors (Lipinski definition) is 0. The minimum absolute atomic E-state index is 0.374. The summed E-state index contributed by atoms with van der Waals surface area (Å²) in [6.45, 7) is 3.67. The van der Waals surface area contributed by atoms with Crippen molar-refractivity contribution in [2.75, 3.05) is 40.5 Å². The van der Waals surface area contributed by atoms with Gasteiger partial charge in [0, 0.05) is 13.2 Å².